The highest BCUT2D eigenvalue weighted by Crippen LogP contribution is 2.40. The molecule has 0 saturated carbocycles. The van der Waals surface area contributed by atoms with E-state index in [0.717, 1.165) is 44.3 Å². The normalized spacial score (nSPS) is 11.4. The minimum atomic E-state index is 0.623. The Morgan fingerprint density at radius 2 is 1.07 bits per heavy atom. The van der Waals surface area contributed by atoms with Crippen LogP contribution in [0.15, 0.2) is 127 Å². The molecule has 41 heavy (non-hydrogen) atoms. The molecule has 8 rings (SSSR count). The van der Waals surface area contributed by atoms with Gasteiger partial charge in [-0.15, -0.1) is 11.3 Å². The number of aromatic nitrogens is 2. The fraction of sp³-hybridized carbons (Fsp3) is 0. The predicted octanol–water partition coefficient (Wildman–Crippen LogP) is 10.7. The summed E-state index contributed by atoms with van der Waals surface area (Å²) < 4.78 is 2.64. The smallest absolute Gasteiger partial charge is 0.187 e. The summed E-state index contributed by atoms with van der Waals surface area (Å²) in [6, 6.07) is 44.1. The molecule has 0 aliphatic carbocycles. The third-order valence-electron chi connectivity index (χ3n) is 7.71. The third kappa shape index (κ3) is 3.95. The lowest BCUT2D eigenvalue weighted by Gasteiger charge is -2.09. The molecule has 8 aromatic rings. The van der Waals surface area contributed by atoms with E-state index in [1.165, 1.54) is 31.3 Å². The van der Waals surface area contributed by atoms with Crippen LogP contribution < -0.4 is 0 Å². The van der Waals surface area contributed by atoms with Gasteiger partial charge in [-0.25, -0.2) is 14.8 Å². The van der Waals surface area contributed by atoms with Crippen LogP contribution in [0.3, 0.4) is 0 Å². The fourth-order valence-corrected chi connectivity index (χ4v) is 6.83. The van der Waals surface area contributed by atoms with Gasteiger partial charge in [-0.05, 0) is 34.9 Å². The first-order valence-corrected chi connectivity index (χ1v) is 14.3. The molecule has 0 N–H and O–H groups in total. The highest BCUT2D eigenvalue weighted by atomic mass is 32.1. The summed E-state index contributed by atoms with van der Waals surface area (Å²) in [4.78, 5) is 13.6. The molecule has 4 heteroatoms. The summed E-state index contributed by atoms with van der Waals surface area (Å²) in [7, 11) is 0. The number of thiophene rings is 1. The molecule has 0 atom stereocenters. The second-order valence-corrected chi connectivity index (χ2v) is 11.2. The Morgan fingerprint density at radius 3 is 1.73 bits per heavy atom. The van der Waals surface area contributed by atoms with Gasteiger partial charge in [-0.1, -0.05) is 109 Å². The quantitative estimate of drug-likeness (QED) is 0.165. The van der Waals surface area contributed by atoms with Crippen molar-refractivity contribution in [2.75, 3.05) is 0 Å². The van der Waals surface area contributed by atoms with E-state index in [1.54, 1.807) is 0 Å². The van der Waals surface area contributed by atoms with Crippen molar-refractivity contribution in [2.24, 2.45) is 0 Å². The SMILES string of the molecule is [C-]#[N+]c1ccc(-c2ccc3ccc4ccc(-c5ccc(-c6cccc7c6sc6ccccc67)cc5)nc4c3n2)cc1. The molecule has 0 fully saturated rings. The first-order valence-electron chi connectivity index (χ1n) is 13.4. The number of hydrogen-bond acceptors (Lipinski definition) is 3. The summed E-state index contributed by atoms with van der Waals surface area (Å²) >= 11 is 1.86. The maximum Gasteiger partial charge on any atom is 0.187 e. The summed E-state index contributed by atoms with van der Waals surface area (Å²) in [6.45, 7) is 7.22. The molecule has 3 aromatic heterocycles. The van der Waals surface area contributed by atoms with E-state index >= 15 is 0 Å². The first-order chi connectivity index (χ1) is 20.2. The van der Waals surface area contributed by atoms with Gasteiger partial charge in [0.15, 0.2) is 5.69 Å². The minimum absolute atomic E-state index is 0.623. The van der Waals surface area contributed by atoms with Crippen LogP contribution in [-0.4, -0.2) is 9.97 Å². The summed E-state index contributed by atoms with van der Waals surface area (Å²) in [5.74, 6) is 0. The first kappa shape index (κ1) is 23.5. The number of pyridine rings is 2. The molecule has 0 aliphatic rings. The lowest BCUT2D eigenvalue weighted by molar-refractivity contribution is 1.37. The van der Waals surface area contributed by atoms with Gasteiger partial charge >= 0.3 is 0 Å². The average molecular weight is 540 g/mol. The van der Waals surface area contributed by atoms with Crippen LogP contribution in [0.4, 0.5) is 5.69 Å². The standard InChI is InChI=1S/C37H21N3S/c1-38-28-19-15-25(16-20-28)33-22-18-27-14-13-26-17-21-32(39-35(26)36(27)40-33)24-11-9-23(10-12-24)29-6-4-7-31-30-5-2-3-8-34(30)41-37(29)31/h2-22H. The third-order valence-corrected chi connectivity index (χ3v) is 8.93. The molecule has 0 aliphatic heterocycles. The molecule has 0 unspecified atom stereocenters. The van der Waals surface area contributed by atoms with Crippen molar-refractivity contribution in [3.8, 4) is 33.6 Å². The Bertz CT molecular complexity index is 2310. The molecular weight excluding hydrogens is 518 g/mol. The van der Waals surface area contributed by atoms with Crippen LogP contribution in [0, 0.1) is 6.57 Å². The monoisotopic (exact) mass is 539 g/mol. The summed E-state index contributed by atoms with van der Waals surface area (Å²) in [5, 5.41) is 4.73. The molecule has 0 saturated heterocycles. The Morgan fingerprint density at radius 1 is 0.512 bits per heavy atom. The molecule has 3 heterocycles. The van der Waals surface area contributed by atoms with Crippen LogP contribution in [-0.2, 0) is 0 Å². The highest BCUT2D eigenvalue weighted by Gasteiger charge is 2.12. The second kappa shape index (κ2) is 9.38. The van der Waals surface area contributed by atoms with E-state index in [2.05, 4.69) is 102 Å². The molecule has 0 spiro atoms. The van der Waals surface area contributed by atoms with Crippen molar-refractivity contribution < 1.29 is 0 Å². The molecule has 190 valence electrons. The summed E-state index contributed by atoms with van der Waals surface area (Å²) in [5.41, 5.74) is 8.69. The Labute approximate surface area is 240 Å². The van der Waals surface area contributed by atoms with Crippen LogP contribution in [0.2, 0.25) is 0 Å². The van der Waals surface area contributed by atoms with Crippen molar-refractivity contribution in [1.82, 2.24) is 9.97 Å². The topological polar surface area (TPSA) is 30.1 Å². The predicted molar refractivity (Wildman–Crippen MR) is 173 cm³/mol. The van der Waals surface area contributed by atoms with E-state index in [-0.39, 0.29) is 0 Å². The van der Waals surface area contributed by atoms with Gasteiger partial charge < -0.3 is 0 Å². The zero-order valence-corrected chi connectivity index (χ0v) is 22.7. The number of nitrogens with zero attached hydrogens (tertiary/aromatic N) is 3. The lowest BCUT2D eigenvalue weighted by Crippen LogP contribution is -1.91. The Balaban J connectivity index is 1.20. The number of hydrogen-bond donors (Lipinski definition) is 0. The van der Waals surface area contributed by atoms with Gasteiger partial charge in [0.2, 0.25) is 0 Å². The lowest BCUT2D eigenvalue weighted by atomic mass is 10.00. The van der Waals surface area contributed by atoms with Crippen LogP contribution >= 0.6 is 11.3 Å². The molecule has 3 nitrogen and oxygen atoms in total. The van der Waals surface area contributed by atoms with Crippen LogP contribution in [0.5, 0.6) is 0 Å². The zero-order valence-electron chi connectivity index (χ0n) is 21.9. The van der Waals surface area contributed by atoms with Gasteiger partial charge in [-0.3, -0.25) is 0 Å². The molecule has 5 aromatic carbocycles. The molecule has 0 amide bonds. The van der Waals surface area contributed by atoms with Crippen LogP contribution in [0.1, 0.15) is 0 Å². The van der Waals surface area contributed by atoms with Gasteiger partial charge in [-0.2, -0.15) is 0 Å². The van der Waals surface area contributed by atoms with Crippen molar-refractivity contribution in [3.63, 3.8) is 0 Å². The summed E-state index contributed by atoms with van der Waals surface area (Å²) in [6.07, 6.45) is 0. The molecule has 0 radical (unpaired) electrons. The molecule has 0 bridgehead atoms. The Hall–Kier alpha value is -5.37. The van der Waals surface area contributed by atoms with Crippen molar-refractivity contribution in [1.29, 1.82) is 0 Å². The Kier molecular flexibility index (Phi) is 5.38. The number of fused-ring (bicyclic) bond motifs is 6. The maximum absolute atomic E-state index is 7.22. The van der Waals surface area contributed by atoms with Gasteiger partial charge in [0.25, 0.3) is 0 Å². The second-order valence-electron chi connectivity index (χ2n) is 10.1. The van der Waals surface area contributed by atoms with Gasteiger partial charge in [0.05, 0.1) is 29.0 Å². The van der Waals surface area contributed by atoms with Crippen molar-refractivity contribution >= 4 is 59.0 Å². The number of benzene rings is 5. The van der Waals surface area contributed by atoms with Crippen molar-refractivity contribution in [2.45, 2.75) is 0 Å². The number of rotatable bonds is 3. The van der Waals surface area contributed by atoms with Crippen molar-refractivity contribution in [3.05, 3.63) is 139 Å². The largest absolute Gasteiger partial charge is 0.245 e. The average Bonchev–Trinajstić information content (AvgIpc) is 3.43. The molecular formula is C37H21N3S. The highest BCUT2D eigenvalue weighted by molar-refractivity contribution is 7.26. The van der Waals surface area contributed by atoms with Gasteiger partial charge in [0.1, 0.15) is 0 Å². The fourth-order valence-electron chi connectivity index (χ4n) is 5.59. The van der Waals surface area contributed by atoms with Gasteiger partial charge in [0, 0.05) is 36.5 Å². The van der Waals surface area contributed by atoms with E-state index in [1.807, 2.05) is 41.7 Å². The zero-order chi connectivity index (χ0) is 27.3. The van der Waals surface area contributed by atoms with E-state index in [0.29, 0.717) is 5.69 Å². The maximum atomic E-state index is 7.22. The van der Waals surface area contributed by atoms with E-state index in [4.69, 9.17) is 16.5 Å². The minimum Gasteiger partial charge on any atom is -0.245 e. The van der Waals surface area contributed by atoms with E-state index < -0.39 is 0 Å². The van der Waals surface area contributed by atoms with E-state index in [9.17, 15) is 0 Å². The van der Waals surface area contributed by atoms with Crippen LogP contribution in [0.25, 0.3) is 80.5 Å².